The zero-order valence-electron chi connectivity index (χ0n) is 21.6. The summed E-state index contributed by atoms with van der Waals surface area (Å²) in [7, 11) is 1.97. The van der Waals surface area contributed by atoms with Crippen LogP contribution in [0.1, 0.15) is 19.5 Å². The van der Waals surface area contributed by atoms with Gasteiger partial charge in [-0.25, -0.2) is 19.2 Å². The Morgan fingerprint density at radius 3 is 2.47 bits per heavy atom. The first-order valence-electron chi connectivity index (χ1n) is 12.6. The van der Waals surface area contributed by atoms with E-state index in [1.807, 2.05) is 29.5 Å². The number of benzene rings is 1. The van der Waals surface area contributed by atoms with E-state index in [1.54, 1.807) is 24.0 Å². The number of ether oxygens (including phenoxy) is 1. The van der Waals surface area contributed by atoms with Crippen molar-refractivity contribution in [1.29, 1.82) is 0 Å². The van der Waals surface area contributed by atoms with Crippen molar-refractivity contribution in [3.63, 3.8) is 0 Å². The number of amides is 1. The Morgan fingerprint density at radius 1 is 1.05 bits per heavy atom. The summed E-state index contributed by atoms with van der Waals surface area (Å²) in [5.74, 6) is -0.732. The van der Waals surface area contributed by atoms with Gasteiger partial charge in [-0.3, -0.25) is 9.20 Å². The number of pyridine rings is 1. The maximum atomic E-state index is 13.4. The third kappa shape index (κ3) is 4.93. The molecular weight excluding hydrogens is 507 g/mol. The third-order valence-electron chi connectivity index (χ3n) is 6.60. The highest BCUT2D eigenvalue weighted by molar-refractivity contribution is 7.14. The summed E-state index contributed by atoms with van der Waals surface area (Å²) in [5, 5.41) is 2.77. The van der Waals surface area contributed by atoms with Crippen LogP contribution in [0, 0.1) is 5.82 Å². The van der Waals surface area contributed by atoms with E-state index in [9.17, 15) is 14.0 Å². The molecule has 3 aromatic heterocycles. The van der Waals surface area contributed by atoms with Crippen LogP contribution in [0.4, 0.5) is 21.0 Å². The van der Waals surface area contributed by atoms with Gasteiger partial charge in [-0.2, -0.15) is 0 Å². The number of esters is 1. The van der Waals surface area contributed by atoms with Crippen molar-refractivity contribution in [1.82, 2.24) is 19.3 Å². The van der Waals surface area contributed by atoms with Crippen molar-refractivity contribution < 1.29 is 18.7 Å². The molecule has 0 radical (unpaired) electrons. The van der Waals surface area contributed by atoms with Gasteiger partial charge in [0.15, 0.2) is 5.13 Å². The van der Waals surface area contributed by atoms with Crippen LogP contribution in [0.25, 0.3) is 16.9 Å². The van der Waals surface area contributed by atoms with Gasteiger partial charge in [0.2, 0.25) is 0 Å². The number of carbonyl (C=O) groups is 2. The second kappa shape index (κ2) is 10.8. The van der Waals surface area contributed by atoms with Gasteiger partial charge < -0.3 is 19.4 Å². The highest BCUT2D eigenvalue weighted by Crippen LogP contribution is 2.34. The highest BCUT2D eigenvalue weighted by Gasteiger charge is 2.27. The molecule has 1 amide bonds. The number of rotatable bonds is 6. The van der Waals surface area contributed by atoms with Crippen LogP contribution in [0.3, 0.4) is 0 Å². The van der Waals surface area contributed by atoms with Gasteiger partial charge in [0, 0.05) is 50.4 Å². The number of carbonyl (C=O) groups excluding carboxylic acids is 2. The van der Waals surface area contributed by atoms with Crippen LogP contribution >= 0.6 is 11.3 Å². The van der Waals surface area contributed by atoms with E-state index < -0.39 is 11.9 Å². The smallest absolute Gasteiger partial charge is 0.397 e. The average Bonchev–Trinajstić information content (AvgIpc) is 3.58. The number of anilines is 3. The monoisotopic (exact) mass is 536 g/mol. The lowest BCUT2D eigenvalue weighted by molar-refractivity contribution is -0.160. The fourth-order valence-electron chi connectivity index (χ4n) is 4.60. The number of halogens is 1. The van der Waals surface area contributed by atoms with E-state index in [-0.39, 0.29) is 12.4 Å². The molecule has 1 aromatic carbocycles. The van der Waals surface area contributed by atoms with Gasteiger partial charge >= 0.3 is 11.9 Å². The molecule has 0 atom stereocenters. The molecule has 1 aliphatic heterocycles. The summed E-state index contributed by atoms with van der Waals surface area (Å²) < 4.78 is 20.3. The van der Waals surface area contributed by atoms with E-state index in [0.29, 0.717) is 26.2 Å². The maximum absolute atomic E-state index is 13.4. The normalized spacial score (nSPS) is 13.7. The topological polar surface area (TPSA) is 83.3 Å². The fourth-order valence-corrected chi connectivity index (χ4v) is 5.40. The van der Waals surface area contributed by atoms with Gasteiger partial charge in [-0.05, 0) is 49.7 Å². The first kappa shape index (κ1) is 25.7. The van der Waals surface area contributed by atoms with Crippen LogP contribution in [-0.4, -0.2) is 71.0 Å². The summed E-state index contributed by atoms with van der Waals surface area (Å²) in [5.41, 5.74) is 4.44. The molecule has 11 heteroatoms. The lowest BCUT2D eigenvalue weighted by Crippen LogP contribution is -2.51. The van der Waals surface area contributed by atoms with Gasteiger partial charge in [0.1, 0.15) is 17.3 Å². The largest absolute Gasteiger partial charge is 0.459 e. The van der Waals surface area contributed by atoms with Gasteiger partial charge in [0.25, 0.3) is 0 Å². The molecule has 0 unspecified atom stereocenters. The lowest BCUT2D eigenvalue weighted by Gasteiger charge is -2.35. The second-order valence-electron chi connectivity index (χ2n) is 8.93. The quantitative estimate of drug-likeness (QED) is 0.271. The van der Waals surface area contributed by atoms with Crippen molar-refractivity contribution in [3.05, 3.63) is 59.5 Å². The minimum Gasteiger partial charge on any atom is -0.459 e. The molecule has 38 heavy (non-hydrogen) atoms. The predicted octanol–water partition coefficient (Wildman–Crippen LogP) is 4.14. The Morgan fingerprint density at radius 2 is 1.79 bits per heavy atom. The van der Waals surface area contributed by atoms with Gasteiger partial charge in [0.05, 0.1) is 23.7 Å². The molecule has 1 saturated heterocycles. The Labute approximate surface area is 224 Å². The fraction of sp³-hybridized carbons (Fsp3) is 0.333. The Balaban J connectivity index is 1.39. The molecule has 0 N–H and O–H groups in total. The lowest BCUT2D eigenvalue weighted by atomic mass is 10.2. The molecule has 1 aliphatic rings. The summed E-state index contributed by atoms with van der Waals surface area (Å²) in [6, 6.07) is 10.4. The molecule has 198 valence electrons. The van der Waals surface area contributed by atoms with E-state index in [4.69, 9.17) is 14.7 Å². The van der Waals surface area contributed by atoms with Crippen LogP contribution in [0.5, 0.6) is 0 Å². The molecule has 4 aromatic rings. The molecule has 0 saturated carbocycles. The molecule has 0 aliphatic carbocycles. The minimum absolute atomic E-state index is 0.181. The number of piperazine rings is 1. The van der Waals surface area contributed by atoms with Crippen molar-refractivity contribution >= 4 is 45.5 Å². The van der Waals surface area contributed by atoms with Crippen LogP contribution in [0.2, 0.25) is 0 Å². The Kier molecular flexibility index (Phi) is 7.28. The predicted molar refractivity (Wildman–Crippen MR) is 146 cm³/mol. The number of thiazole rings is 1. The zero-order chi connectivity index (χ0) is 26.8. The van der Waals surface area contributed by atoms with Crippen molar-refractivity contribution in [3.8, 4) is 11.3 Å². The third-order valence-corrected chi connectivity index (χ3v) is 7.52. The number of hydrogen-bond donors (Lipinski definition) is 0. The van der Waals surface area contributed by atoms with Crippen LogP contribution in [-0.2, 0) is 20.7 Å². The molecule has 1 fully saturated rings. The molecule has 9 nitrogen and oxygen atoms in total. The van der Waals surface area contributed by atoms with Crippen molar-refractivity contribution in [2.45, 2.75) is 20.3 Å². The van der Waals surface area contributed by atoms with E-state index >= 15 is 0 Å². The van der Waals surface area contributed by atoms with Crippen molar-refractivity contribution in [2.75, 3.05) is 49.6 Å². The first-order chi connectivity index (χ1) is 18.4. The average molecular weight is 537 g/mol. The van der Waals surface area contributed by atoms with Crippen LogP contribution < -0.4 is 9.80 Å². The van der Waals surface area contributed by atoms with E-state index in [1.165, 1.54) is 23.5 Å². The number of aromatic nitrogens is 3. The Hall–Kier alpha value is -3.99. The van der Waals surface area contributed by atoms with E-state index in [2.05, 4.69) is 22.4 Å². The molecule has 0 spiro atoms. The molecule has 0 bridgehead atoms. The summed E-state index contributed by atoms with van der Waals surface area (Å²) >= 11 is 1.52. The molecule has 5 rings (SSSR count). The number of nitrogens with zero attached hydrogens (tertiary/aromatic N) is 6. The van der Waals surface area contributed by atoms with Gasteiger partial charge in [-0.1, -0.05) is 6.92 Å². The SMILES string of the molecule is CCOC(=O)C(=O)N1CCN(c2ccc3nc(CC)c(N(C)c4nc(-c5ccc(F)cc5)cs4)n3c2)CC1. The number of imidazole rings is 1. The summed E-state index contributed by atoms with van der Waals surface area (Å²) in [6.45, 7) is 6.03. The number of aryl methyl sites for hydroxylation is 1. The summed E-state index contributed by atoms with van der Waals surface area (Å²) in [4.78, 5) is 39.5. The standard InChI is InChI=1S/C27H29FN6O3S/c1-4-21-24(31(3)27-30-22(17-38-27)18-6-8-19(28)9-7-18)34-16-20(10-11-23(34)29-21)32-12-14-33(15-13-32)25(35)26(36)37-5-2/h6-11,16-17H,4-5,12-15H2,1-3H3. The Bertz CT molecular complexity index is 1460. The first-order valence-corrected chi connectivity index (χ1v) is 13.4. The van der Waals surface area contributed by atoms with E-state index in [0.717, 1.165) is 45.7 Å². The zero-order valence-corrected chi connectivity index (χ0v) is 22.4. The second-order valence-corrected chi connectivity index (χ2v) is 9.77. The summed E-state index contributed by atoms with van der Waals surface area (Å²) in [6.07, 6.45) is 2.81. The maximum Gasteiger partial charge on any atom is 0.397 e. The number of fused-ring (bicyclic) bond motifs is 1. The van der Waals surface area contributed by atoms with Gasteiger partial charge in [-0.15, -0.1) is 11.3 Å². The molecular formula is C27H29FN6O3S. The minimum atomic E-state index is -0.801. The highest BCUT2D eigenvalue weighted by atomic mass is 32.1. The van der Waals surface area contributed by atoms with Crippen LogP contribution in [0.15, 0.2) is 48.0 Å². The van der Waals surface area contributed by atoms with Crippen molar-refractivity contribution in [2.24, 2.45) is 0 Å². The number of hydrogen-bond acceptors (Lipinski definition) is 8. The molecule has 4 heterocycles.